The number of carboxylic acid groups (broad SMARTS) is 1. The molecule has 0 radical (unpaired) electrons. The average molecular weight is 610 g/mol. The van der Waals surface area contributed by atoms with E-state index in [1.54, 1.807) is 30.0 Å². The molecule has 0 aliphatic heterocycles. The minimum absolute atomic E-state index is 0.332. The summed E-state index contributed by atoms with van der Waals surface area (Å²) in [6.45, 7) is 1.42. The van der Waals surface area contributed by atoms with Crippen LogP contribution in [0.2, 0.25) is 5.02 Å². The van der Waals surface area contributed by atoms with Crippen molar-refractivity contribution in [2.75, 3.05) is 12.4 Å². The van der Waals surface area contributed by atoms with Gasteiger partial charge in [0.25, 0.3) is 0 Å². The second-order valence-electron chi connectivity index (χ2n) is 8.87. The maximum Gasteiger partial charge on any atom is 0.416 e. The van der Waals surface area contributed by atoms with Crippen LogP contribution < -0.4 is 4.74 Å². The zero-order chi connectivity index (χ0) is 28.9. The number of aliphatic carboxylic acids is 1. The largest absolute Gasteiger partial charge is 0.482 e. The van der Waals surface area contributed by atoms with Gasteiger partial charge in [-0.15, -0.1) is 23.1 Å². The number of alkyl halides is 3. The van der Waals surface area contributed by atoms with Crippen LogP contribution in [0.4, 0.5) is 17.6 Å². The van der Waals surface area contributed by atoms with Crippen LogP contribution in [0.15, 0.2) is 65.6 Å². The molecule has 210 valence electrons. The van der Waals surface area contributed by atoms with E-state index in [1.165, 1.54) is 29.5 Å². The number of thioether (sulfide) groups is 1. The smallest absolute Gasteiger partial charge is 0.416 e. The van der Waals surface area contributed by atoms with E-state index in [0.717, 1.165) is 33.2 Å². The summed E-state index contributed by atoms with van der Waals surface area (Å²) in [5, 5.41) is 9.74. The normalized spacial score (nSPS) is 11.6. The summed E-state index contributed by atoms with van der Waals surface area (Å²) in [7, 11) is 0. The van der Waals surface area contributed by atoms with Crippen LogP contribution in [0.3, 0.4) is 0 Å². The van der Waals surface area contributed by atoms with Crippen molar-refractivity contribution in [1.29, 1.82) is 0 Å². The van der Waals surface area contributed by atoms with Crippen LogP contribution in [0.25, 0.3) is 10.6 Å². The lowest BCUT2D eigenvalue weighted by atomic mass is 10.1. The minimum Gasteiger partial charge on any atom is -0.482 e. The highest BCUT2D eigenvalue weighted by molar-refractivity contribution is 7.99. The van der Waals surface area contributed by atoms with Gasteiger partial charge in [0, 0.05) is 31.7 Å². The Morgan fingerprint density at radius 1 is 1.07 bits per heavy atom. The molecule has 1 aromatic heterocycles. The van der Waals surface area contributed by atoms with Crippen molar-refractivity contribution in [1.82, 2.24) is 4.98 Å². The lowest BCUT2D eigenvalue weighted by Crippen LogP contribution is -2.10. The number of benzene rings is 3. The topological polar surface area (TPSA) is 59.4 Å². The minimum atomic E-state index is -4.42. The molecule has 0 fully saturated rings. The van der Waals surface area contributed by atoms with Crippen molar-refractivity contribution in [2.45, 2.75) is 37.3 Å². The van der Waals surface area contributed by atoms with E-state index in [0.29, 0.717) is 51.9 Å². The fraction of sp³-hybridized carbons (Fsp3) is 0.241. The van der Waals surface area contributed by atoms with Crippen LogP contribution in [0.5, 0.6) is 5.75 Å². The number of thiazole rings is 1. The van der Waals surface area contributed by atoms with Crippen LogP contribution in [-0.2, 0) is 30.2 Å². The molecule has 4 nitrogen and oxygen atoms in total. The molecule has 0 saturated carbocycles. The Morgan fingerprint density at radius 2 is 1.82 bits per heavy atom. The standard InChI is InChI=1S/C29H24ClF4NO3S2/c1-17-15-20(9-12-25(17)38-16-27(36)37)39-14-13-26-24(11-10-21-22(30)3-2-4-23(21)31)35-28(40-26)18-5-7-19(8-6-18)29(32,33)34/h2-9,12,15H,10-11,13-14,16H2,1H3,(H,36,37). The molecular formula is C29H24ClF4NO3S2. The number of aromatic nitrogens is 1. The Bertz CT molecular complexity index is 1470. The Labute approximate surface area is 242 Å². The first-order valence-corrected chi connectivity index (χ1v) is 14.4. The predicted molar refractivity (Wildman–Crippen MR) is 150 cm³/mol. The van der Waals surface area contributed by atoms with Crippen molar-refractivity contribution >= 4 is 40.7 Å². The molecule has 0 amide bonds. The molecule has 0 saturated heterocycles. The Kier molecular flexibility index (Phi) is 9.76. The molecular weight excluding hydrogens is 586 g/mol. The number of carboxylic acids is 1. The van der Waals surface area contributed by atoms with E-state index in [9.17, 15) is 22.4 Å². The van der Waals surface area contributed by atoms with E-state index < -0.39 is 30.1 Å². The van der Waals surface area contributed by atoms with Gasteiger partial charge < -0.3 is 9.84 Å². The van der Waals surface area contributed by atoms with E-state index in [4.69, 9.17) is 26.4 Å². The number of aryl methyl sites for hydroxylation is 3. The summed E-state index contributed by atoms with van der Waals surface area (Å²) < 4.78 is 58.7. The summed E-state index contributed by atoms with van der Waals surface area (Å²) >= 11 is 9.22. The van der Waals surface area contributed by atoms with Gasteiger partial charge in [-0.25, -0.2) is 14.2 Å². The van der Waals surface area contributed by atoms with Gasteiger partial charge in [-0.05, 0) is 74.2 Å². The molecule has 0 aliphatic rings. The first-order chi connectivity index (χ1) is 19.0. The molecule has 3 aromatic carbocycles. The van der Waals surface area contributed by atoms with Crippen LogP contribution in [0.1, 0.15) is 27.3 Å². The lowest BCUT2D eigenvalue weighted by Gasteiger charge is -2.09. The fourth-order valence-electron chi connectivity index (χ4n) is 3.99. The van der Waals surface area contributed by atoms with Gasteiger partial charge in [-0.1, -0.05) is 29.8 Å². The highest BCUT2D eigenvalue weighted by Gasteiger charge is 2.30. The molecule has 0 bridgehead atoms. The molecule has 4 rings (SSSR count). The second kappa shape index (κ2) is 13.1. The Balaban J connectivity index is 1.51. The second-order valence-corrected chi connectivity index (χ2v) is 11.5. The number of hydrogen-bond donors (Lipinski definition) is 1. The third kappa shape index (κ3) is 7.77. The summed E-state index contributed by atoms with van der Waals surface area (Å²) in [6, 6.07) is 14.9. The van der Waals surface area contributed by atoms with Gasteiger partial charge in [-0.3, -0.25) is 0 Å². The van der Waals surface area contributed by atoms with Crippen LogP contribution in [0, 0.1) is 12.7 Å². The molecule has 1 heterocycles. The van der Waals surface area contributed by atoms with Crippen molar-refractivity contribution in [2.24, 2.45) is 0 Å². The van der Waals surface area contributed by atoms with Crippen molar-refractivity contribution in [3.8, 4) is 16.3 Å². The number of hydrogen-bond acceptors (Lipinski definition) is 5. The Hall–Kier alpha value is -3.08. The van der Waals surface area contributed by atoms with Crippen LogP contribution >= 0.6 is 34.7 Å². The number of rotatable bonds is 11. The lowest BCUT2D eigenvalue weighted by molar-refractivity contribution is -0.139. The van der Waals surface area contributed by atoms with Crippen molar-refractivity contribution in [3.63, 3.8) is 0 Å². The van der Waals surface area contributed by atoms with Crippen molar-refractivity contribution in [3.05, 3.63) is 98.8 Å². The molecule has 0 spiro atoms. The molecule has 0 unspecified atom stereocenters. The third-order valence-electron chi connectivity index (χ3n) is 6.01. The summed E-state index contributed by atoms with van der Waals surface area (Å²) in [5.41, 5.74) is 1.82. The zero-order valence-corrected chi connectivity index (χ0v) is 23.6. The van der Waals surface area contributed by atoms with Gasteiger partial charge in [0.1, 0.15) is 16.6 Å². The number of carbonyl (C=O) groups is 1. The first-order valence-electron chi connectivity index (χ1n) is 12.2. The third-order valence-corrected chi connectivity index (χ3v) is 8.56. The van der Waals surface area contributed by atoms with Crippen LogP contribution in [-0.4, -0.2) is 28.4 Å². The number of nitrogens with zero attached hydrogens (tertiary/aromatic N) is 1. The number of ether oxygens (including phenoxy) is 1. The van der Waals surface area contributed by atoms with E-state index in [2.05, 4.69) is 0 Å². The highest BCUT2D eigenvalue weighted by Crippen LogP contribution is 2.35. The summed E-state index contributed by atoms with van der Waals surface area (Å²) in [6.07, 6.45) is -3.03. The van der Waals surface area contributed by atoms with Gasteiger partial charge >= 0.3 is 12.1 Å². The zero-order valence-electron chi connectivity index (χ0n) is 21.2. The SMILES string of the molecule is Cc1cc(SCCc2sc(-c3ccc(C(F)(F)F)cc3)nc2CCc2c(F)cccc2Cl)ccc1OCC(=O)O. The fourth-order valence-corrected chi connectivity index (χ4v) is 6.45. The first kappa shape index (κ1) is 29.9. The van der Waals surface area contributed by atoms with E-state index in [-0.39, 0.29) is 0 Å². The predicted octanol–water partition coefficient (Wildman–Crippen LogP) is 8.51. The van der Waals surface area contributed by atoms with E-state index in [1.807, 2.05) is 19.1 Å². The molecule has 40 heavy (non-hydrogen) atoms. The summed E-state index contributed by atoms with van der Waals surface area (Å²) in [5.74, 6) is -0.249. The molecule has 0 atom stereocenters. The number of halogens is 5. The maximum absolute atomic E-state index is 14.4. The monoisotopic (exact) mass is 609 g/mol. The van der Waals surface area contributed by atoms with Gasteiger partial charge in [0.15, 0.2) is 6.61 Å². The molecule has 0 aliphatic carbocycles. The van der Waals surface area contributed by atoms with Gasteiger partial charge in [-0.2, -0.15) is 13.2 Å². The molecule has 11 heteroatoms. The maximum atomic E-state index is 14.4. The average Bonchev–Trinajstić information content (AvgIpc) is 3.30. The highest BCUT2D eigenvalue weighted by atomic mass is 35.5. The molecule has 4 aromatic rings. The van der Waals surface area contributed by atoms with Gasteiger partial charge in [0.2, 0.25) is 0 Å². The van der Waals surface area contributed by atoms with Gasteiger partial charge in [0.05, 0.1) is 11.3 Å². The van der Waals surface area contributed by atoms with Crippen molar-refractivity contribution < 1.29 is 32.2 Å². The van der Waals surface area contributed by atoms with E-state index >= 15 is 0 Å². The molecule has 1 N–H and O–H groups in total. The quantitative estimate of drug-likeness (QED) is 0.136. The Morgan fingerprint density at radius 3 is 2.48 bits per heavy atom. The summed E-state index contributed by atoms with van der Waals surface area (Å²) in [4.78, 5) is 17.4.